The maximum absolute atomic E-state index is 11.2. The molecule has 2 aromatic heterocycles. The number of nitrogens with zero attached hydrogens (tertiary/aromatic N) is 2. The molecule has 0 atom stereocenters. The number of aliphatic carboxylic acids is 1. The molecule has 0 fully saturated rings. The quantitative estimate of drug-likeness (QED) is 0.650. The summed E-state index contributed by atoms with van der Waals surface area (Å²) in [7, 11) is 0. The first-order valence-corrected chi connectivity index (χ1v) is 6.96. The van der Waals surface area contributed by atoms with Crippen LogP contribution in [0.4, 0.5) is 0 Å². The van der Waals surface area contributed by atoms with Crippen LogP contribution in [0.2, 0.25) is 0 Å². The summed E-state index contributed by atoms with van der Waals surface area (Å²) in [6, 6.07) is 3.74. The van der Waals surface area contributed by atoms with E-state index in [1.54, 1.807) is 6.08 Å². The number of aromatic nitrogens is 3. The molecule has 5 nitrogen and oxygen atoms in total. The first-order chi connectivity index (χ1) is 8.69. The average Bonchev–Trinajstić information content (AvgIpc) is 2.99. The molecule has 0 amide bonds. The Morgan fingerprint density at radius 2 is 2.50 bits per heavy atom. The van der Waals surface area contributed by atoms with Gasteiger partial charge in [-0.1, -0.05) is 13.0 Å². The van der Waals surface area contributed by atoms with E-state index in [0.717, 1.165) is 28.9 Å². The minimum absolute atomic E-state index is 0.208. The molecule has 2 aromatic rings. The van der Waals surface area contributed by atoms with Gasteiger partial charge in [-0.15, -0.1) is 16.4 Å². The maximum atomic E-state index is 11.2. The topological polar surface area (TPSA) is 78.9 Å². The van der Waals surface area contributed by atoms with Gasteiger partial charge in [0.25, 0.3) is 0 Å². The zero-order chi connectivity index (χ0) is 13.0. The molecule has 18 heavy (non-hydrogen) atoms. The number of carbonyl (C=O) groups is 1. The smallest absolute Gasteiger partial charge is 0.342 e. The van der Waals surface area contributed by atoms with E-state index in [-0.39, 0.29) is 4.91 Å². The molecule has 0 aromatic carbocycles. The van der Waals surface area contributed by atoms with Gasteiger partial charge in [0, 0.05) is 11.3 Å². The Hall–Kier alpha value is -1.60. The van der Waals surface area contributed by atoms with E-state index in [2.05, 4.69) is 15.2 Å². The number of thiophene rings is 1. The Morgan fingerprint density at radius 3 is 3.06 bits per heavy atom. The number of thioether (sulfide) groups is 1. The molecule has 0 bridgehead atoms. The first kappa shape index (κ1) is 12.8. The maximum Gasteiger partial charge on any atom is 0.342 e. The van der Waals surface area contributed by atoms with E-state index in [4.69, 9.17) is 5.11 Å². The standard InChI is InChI=1S/C11H11N3O2S2/c1-2-9-12-11(14-13-9)18-8(10(15)16)6-7-4-3-5-17-7/h3-6H,2H2,1H3,(H,15,16)(H,12,13,14)/b8-6-. The zero-order valence-corrected chi connectivity index (χ0v) is 11.2. The van der Waals surface area contributed by atoms with Crippen LogP contribution in [0, 0.1) is 0 Å². The molecule has 0 unspecified atom stereocenters. The number of hydrogen-bond donors (Lipinski definition) is 2. The zero-order valence-electron chi connectivity index (χ0n) is 9.58. The van der Waals surface area contributed by atoms with Crippen molar-refractivity contribution in [1.82, 2.24) is 15.2 Å². The third kappa shape index (κ3) is 3.21. The predicted molar refractivity (Wildman–Crippen MR) is 71.5 cm³/mol. The van der Waals surface area contributed by atoms with Gasteiger partial charge in [-0.3, -0.25) is 5.10 Å². The molecular weight excluding hydrogens is 270 g/mol. The van der Waals surface area contributed by atoms with Crippen LogP contribution in [0.5, 0.6) is 0 Å². The number of aromatic amines is 1. The van der Waals surface area contributed by atoms with Gasteiger partial charge in [0.2, 0.25) is 5.16 Å². The summed E-state index contributed by atoms with van der Waals surface area (Å²) in [4.78, 5) is 16.4. The normalized spacial score (nSPS) is 11.7. The molecule has 2 heterocycles. The third-order valence-electron chi connectivity index (χ3n) is 2.07. The van der Waals surface area contributed by atoms with Crippen molar-refractivity contribution in [1.29, 1.82) is 0 Å². The van der Waals surface area contributed by atoms with Crippen molar-refractivity contribution in [3.05, 3.63) is 33.1 Å². The Kier molecular flexibility index (Phi) is 4.16. The van der Waals surface area contributed by atoms with Crippen LogP contribution in [0.1, 0.15) is 17.6 Å². The largest absolute Gasteiger partial charge is 0.477 e. The van der Waals surface area contributed by atoms with Crippen molar-refractivity contribution in [2.24, 2.45) is 0 Å². The molecule has 2 N–H and O–H groups in total. The molecule has 0 saturated carbocycles. The molecule has 0 aliphatic heterocycles. The molecule has 0 saturated heterocycles. The number of rotatable bonds is 5. The molecule has 94 valence electrons. The lowest BCUT2D eigenvalue weighted by Gasteiger charge is -1.97. The molecule has 2 rings (SSSR count). The molecule has 7 heteroatoms. The predicted octanol–water partition coefficient (Wildman–Crippen LogP) is 2.65. The van der Waals surface area contributed by atoms with Gasteiger partial charge in [0.15, 0.2) is 0 Å². The first-order valence-electron chi connectivity index (χ1n) is 5.26. The SMILES string of the molecule is CCc1nc(S/C(=C\c2cccs2)C(=O)O)n[nH]1. The lowest BCUT2D eigenvalue weighted by Crippen LogP contribution is -1.96. The highest BCUT2D eigenvalue weighted by Gasteiger charge is 2.13. The summed E-state index contributed by atoms with van der Waals surface area (Å²) in [5, 5.41) is 18.2. The fraction of sp³-hybridized carbons (Fsp3) is 0.182. The van der Waals surface area contributed by atoms with E-state index in [9.17, 15) is 4.79 Å². The van der Waals surface area contributed by atoms with Crippen molar-refractivity contribution in [3.8, 4) is 0 Å². The van der Waals surface area contributed by atoms with Crippen LogP contribution in [-0.4, -0.2) is 26.3 Å². The summed E-state index contributed by atoms with van der Waals surface area (Å²) in [6.07, 6.45) is 2.37. The Morgan fingerprint density at radius 1 is 1.67 bits per heavy atom. The van der Waals surface area contributed by atoms with Gasteiger partial charge in [0.1, 0.15) is 10.7 Å². The average molecular weight is 281 g/mol. The monoisotopic (exact) mass is 281 g/mol. The van der Waals surface area contributed by atoms with Gasteiger partial charge in [-0.2, -0.15) is 0 Å². The number of nitrogens with one attached hydrogen (secondary N) is 1. The fourth-order valence-electron chi connectivity index (χ4n) is 1.22. The van der Waals surface area contributed by atoms with Crippen molar-refractivity contribution >= 4 is 35.1 Å². The Bertz CT molecular complexity index is 561. The summed E-state index contributed by atoms with van der Waals surface area (Å²) >= 11 is 2.53. The van der Waals surface area contributed by atoms with Crippen LogP contribution in [0.25, 0.3) is 6.08 Å². The van der Waals surface area contributed by atoms with E-state index in [1.165, 1.54) is 11.3 Å². The van der Waals surface area contributed by atoms with Gasteiger partial charge in [0.05, 0.1) is 0 Å². The summed E-state index contributed by atoms with van der Waals surface area (Å²) < 4.78 is 0. The second-order valence-electron chi connectivity index (χ2n) is 3.35. The second kappa shape index (κ2) is 5.83. The van der Waals surface area contributed by atoms with E-state index < -0.39 is 5.97 Å². The Labute approximate surface area is 112 Å². The van der Waals surface area contributed by atoms with E-state index in [1.807, 2.05) is 24.4 Å². The lowest BCUT2D eigenvalue weighted by molar-refractivity contribution is -0.131. The van der Waals surface area contributed by atoms with Crippen LogP contribution in [0.15, 0.2) is 27.6 Å². The number of carboxylic acids is 1. The summed E-state index contributed by atoms with van der Waals surface area (Å²) in [5.41, 5.74) is 0. The highest BCUT2D eigenvalue weighted by atomic mass is 32.2. The number of aryl methyl sites for hydroxylation is 1. The van der Waals surface area contributed by atoms with Crippen molar-refractivity contribution < 1.29 is 9.90 Å². The van der Waals surface area contributed by atoms with Crippen LogP contribution >= 0.6 is 23.1 Å². The van der Waals surface area contributed by atoms with Crippen LogP contribution < -0.4 is 0 Å². The minimum Gasteiger partial charge on any atom is -0.477 e. The van der Waals surface area contributed by atoms with E-state index >= 15 is 0 Å². The molecular formula is C11H11N3O2S2. The second-order valence-corrected chi connectivity index (χ2v) is 5.34. The number of H-pyrrole nitrogens is 1. The summed E-state index contributed by atoms with van der Waals surface area (Å²) in [5.74, 6) is -0.227. The fourth-order valence-corrected chi connectivity index (χ4v) is 2.67. The van der Waals surface area contributed by atoms with Crippen molar-refractivity contribution in [2.75, 3.05) is 0 Å². The third-order valence-corrected chi connectivity index (χ3v) is 3.77. The molecule has 0 spiro atoms. The van der Waals surface area contributed by atoms with Gasteiger partial charge in [-0.05, 0) is 29.3 Å². The molecule has 0 aliphatic rings. The van der Waals surface area contributed by atoms with Crippen LogP contribution in [-0.2, 0) is 11.2 Å². The van der Waals surface area contributed by atoms with Crippen molar-refractivity contribution in [2.45, 2.75) is 18.5 Å². The number of carboxylic acid groups (broad SMARTS) is 1. The molecule has 0 radical (unpaired) electrons. The molecule has 0 aliphatic carbocycles. The van der Waals surface area contributed by atoms with Crippen LogP contribution in [0.3, 0.4) is 0 Å². The highest BCUT2D eigenvalue weighted by Crippen LogP contribution is 2.26. The highest BCUT2D eigenvalue weighted by molar-refractivity contribution is 8.04. The Balaban J connectivity index is 2.19. The van der Waals surface area contributed by atoms with Crippen molar-refractivity contribution in [3.63, 3.8) is 0 Å². The lowest BCUT2D eigenvalue weighted by atomic mass is 10.4. The minimum atomic E-state index is -0.976. The van der Waals surface area contributed by atoms with Gasteiger partial charge < -0.3 is 5.11 Å². The number of hydrogen-bond acceptors (Lipinski definition) is 5. The van der Waals surface area contributed by atoms with E-state index in [0.29, 0.717) is 5.16 Å². The summed E-state index contributed by atoms with van der Waals surface area (Å²) in [6.45, 7) is 1.95. The van der Waals surface area contributed by atoms with Gasteiger partial charge >= 0.3 is 5.97 Å². The van der Waals surface area contributed by atoms with Gasteiger partial charge in [-0.25, -0.2) is 9.78 Å².